The van der Waals surface area contributed by atoms with Gasteiger partial charge in [0.1, 0.15) is 6.04 Å². The van der Waals surface area contributed by atoms with Crippen LogP contribution in [0.2, 0.25) is 0 Å². The summed E-state index contributed by atoms with van der Waals surface area (Å²) in [6.45, 7) is 7.41. The standard InChI is InChI=1S/C8H15NO2/c1-6(9-11)7(10)5-8(2,3)4/h6H,5H2,1-4H3. The lowest BCUT2D eigenvalue weighted by Crippen LogP contribution is -2.20. The highest BCUT2D eigenvalue weighted by atomic mass is 16.3. The summed E-state index contributed by atoms with van der Waals surface area (Å²) in [6, 6.07) is -0.686. The third-order valence-electron chi connectivity index (χ3n) is 1.33. The molecule has 0 rings (SSSR count). The maximum Gasteiger partial charge on any atom is 0.161 e. The summed E-state index contributed by atoms with van der Waals surface area (Å²) in [7, 11) is 0. The Labute approximate surface area is 67.2 Å². The van der Waals surface area contributed by atoms with E-state index in [9.17, 15) is 9.70 Å². The highest BCUT2D eigenvalue weighted by molar-refractivity contribution is 5.84. The van der Waals surface area contributed by atoms with Gasteiger partial charge in [0.2, 0.25) is 0 Å². The van der Waals surface area contributed by atoms with Gasteiger partial charge in [0, 0.05) is 6.42 Å². The monoisotopic (exact) mass is 157 g/mol. The van der Waals surface area contributed by atoms with Crippen molar-refractivity contribution in [2.75, 3.05) is 0 Å². The van der Waals surface area contributed by atoms with Gasteiger partial charge < -0.3 is 0 Å². The Morgan fingerprint density at radius 1 is 1.45 bits per heavy atom. The molecule has 0 bridgehead atoms. The van der Waals surface area contributed by atoms with Crippen LogP contribution in [0.3, 0.4) is 0 Å². The topological polar surface area (TPSA) is 46.5 Å². The van der Waals surface area contributed by atoms with E-state index in [2.05, 4.69) is 5.18 Å². The van der Waals surface area contributed by atoms with E-state index in [-0.39, 0.29) is 11.2 Å². The zero-order valence-electron chi connectivity index (χ0n) is 7.55. The summed E-state index contributed by atoms with van der Waals surface area (Å²) in [5.41, 5.74) is -0.0456. The summed E-state index contributed by atoms with van der Waals surface area (Å²) >= 11 is 0. The highest BCUT2D eigenvalue weighted by Gasteiger charge is 2.20. The van der Waals surface area contributed by atoms with Gasteiger partial charge >= 0.3 is 0 Å². The highest BCUT2D eigenvalue weighted by Crippen LogP contribution is 2.19. The Bertz CT molecular complexity index is 158. The van der Waals surface area contributed by atoms with Crippen molar-refractivity contribution in [3.63, 3.8) is 0 Å². The normalized spacial score (nSPS) is 14.2. The minimum absolute atomic E-state index is 0.0456. The quantitative estimate of drug-likeness (QED) is 0.589. The molecular weight excluding hydrogens is 142 g/mol. The van der Waals surface area contributed by atoms with E-state index in [0.29, 0.717) is 6.42 Å². The van der Waals surface area contributed by atoms with Crippen LogP contribution in [0.1, 0.15) is 34.1 Å². The van der Waals surface area contributed by atoms with E-state index in [1.165, 1.54) is 6.92 Å². The Kier molecular flexibility index (Phi) is 3.36. The first-order chi connectivity index (χ1) is 4.87. The first-order valence-electron chi connectivity index (χ1n) is 3.72. The van der Waals surface area contributed by atoms with Crippen molar-refractivity contribution in [1.29, 1.82) is 0 Å². The number of rotatable bonds is 3. The van der Waals surface area contributed by atoms with Crippen LogP contribution in [0.25, 0.3) is 0 Å². The molecule has 0 aliphatic heterocycles. The zero-order valence-corrected chi connectivity index (χ0v) is 7.55. The molecule has 0 radical (unpaired) electrons. The molecule has 3 nitrogen and oxygen atoms in total. The molecule has 0 aromatic rings. The molecule has 0 spiro atoms. The number of carbonyl (C=O) groups excluding carboxylic acids is 1. The number of hydrogen-bond acceptors (Lipinski definition) is 3. The van der Waals surface area contributed by atoms with Gasteiger partial charge in [-0.2, -0.15) is 4.91 Å². The predicted molar refractivity (Wildman–Crippen MR) is 44.3 cm³/mol. The molecule has 11 heavy (non-hydrogen) atoms. The second kappa shape index (κ2) is 3.60. The van der Waals surface area contributed by atoms with Crippen molar-refractivity contribution >= 4 is 5.78 Å². The maximum atomic E-state index is 11.1. The van der Waals surface area contributed by atoms with Gasteiger partial charge in [-0.05, 0) is 12.3 Å². The molecule has 64 valence electrons. The molecule has 0 fully saturated rings. The lowest BCUT2D eigenvalue weighted by Gasteiger charge is -2.16. The zero-order chi connectivity index (χ0) is 9.07. The molecule has 0 amide bonds. The van der Waals surface area contributed by atoms with Gasteiger partial charge in [-0.3, -0.25) is 4.79 Å². The molecular formula is C8H15NO2. The molecule has 1 atom stereocenters. The molecule has 0 aromatic heterocycles. The van der Waals surface area contributed by atoms with Gasteiger partial charge in [-0.15, -0.1) is 0 Å². The van der Waals surface area contributed by atoms with Crippen LogP contribution < -0.4 is 0 Å². The summed E-state index contributed by atoms with van der Waals surface area (Å²) in [5, 5.41) is 2.67. The van der Waals surface area contributed by atoms with Crippen LogP contribution in [-0.2, 0) is 4.79 Å². The molecule has 0 heterocycles. The smallest absolute Gasteiger partial charge is 0.161 e. The third-order valence-corrected chi connectivity index (χ3v) is 1.33. The van der Waals surface area contributed by atoms with Gasteiger partial charge in [0.15, 0.2) is 5.78 Å². The average molecular weight is 157 g/mol. The minimum Gasteiger partial charge on any atom is -0.297 e. The fraction of sp³-hybridized carbons (Fsp3) is 0.875. The van der Waals surface area contributed by atoms with Gasteiger partial charge in [0.05, 0.1) is 0 Å². The van der Waals surface area contributed by atoms with Crippen molar-refractivity contribution in [3.05, 3.63) is 4.91 Å². The summed E-state index contributed by atoms with van der Waals surface area (Å²) in [5.74, 6) is -0.0764. The van der Waals surface area contributed by atoms with E-state index in [4.69, 9.17) is 0 Å². The van der Waals surface area contributed by atoms with Crippen LogP contribution in [0.5, 0.6) is 0 Å². The molecule has 1 unspecified atom stereocenters. The van der Waals surface area contributed by atoms with Crippen molar-refractivity contribution in [1.82, 2.24) is 0 Å². The fourth-order valence-electron chi connectivity index (χ4n) is 0.729. The lowest BCUT2D eigenvalue weighted by atomic mass is 9.88. The minimum atomic E-state index is -0.686. The van der Waals surface area contributed by atoms with Crippen molar-refractivity contribution in [3.8, 4) is 0 Å². The number of nitroso groups, excluding NO2 is 1. The lowest BCUT2D eigenvalue weighted by molar-refractivity contribution is -0.121. The Hall–Kier alpha value is -0.730. The van der Waals surface area contributed by atoms with Crippen molar-refractivity contribution in [2.24, 2.45) is 10.6 Å². The number of hydrogen-bond donors (Lipinski definition) is 0. The Morgan fingerprint density at radius 3 is 2.18 bits per heavy atom. The summed E-state index contributed by atoms with van der Waals surface area (Å²) in [4.78, 5) is 21.1. The van der Waals surface area contributed by atoms with Crippen LogP contribution in [-0.4, -0.2) is 11.8 Å². The largest absolute Gasteiger partial charge is 0.297 e. The van der Waals surface area contributed by atoms with Crippen LogP contribution in [0.15, 0.2) is 5.18 Å². The second-order valence-electron chi connectivity index (χ2n) is 3.99. The van der Waals surface area contributed by atoms with E-state index >= 15 is 0 Å². The van der Waals surface area contributed by atoms with Gasteiger partial charge in [-0.1, -0.05) is 25.9 Å². The molecule has 0 N–H and O–H groups in total. The maximum absolute atomic E-state index is 11.1. The number of carbonyl (C=O) groups is 1. The molecule has 0 aliphatic rings. The summed E-state index contributed by atoms with van der Waals surface area (Å²) in [6.07, 6.45) is 0.417. The number of nitrogens with zero attached hydrogens (tertiary/aromatic N) is 1. The predicted octanol–water partition coefficient (Wildman–Crippen LogP) is 2.15. The Balaban J connectivity index is 3.98. The number of Topliss-reactive ketones (excluding diaryl/α,β-unsaturated/α-hetero) is 1. The average Bonchev–Trinajstić information content (AvgIpc) is 1.82. The molecule has 0 saturated carbocycles. The molecule has 0 aromatic carbocycles. The molecule has 0 aliphatic carbocycles. The van der Waals surface area contributed by atoms with Crippen LogP contribution >= 0.6 is 0 Å². The molecule has 0 saturated heterocycles. The summed E-state index contributed by atoms with van der Waals surface area (Å²) < 4.78 is 0. The van der Waals surface area contributed by atoms with E-state index in [1.807, 2.05) is 20.8 Å². The number of ketones is 1. The first-order valence-corrected chi connectivity index (χ1v) is 3.72. The molecule has 3 heteroatoms. The SMILES string of the molecule is CC(N=O)C(=O)CC(C)(C)C. The van der Waals surface area contributed by atoms with Gasteiger partial charge in [-0.25, -0.2) is 0 Å². The Morgan fingerprint density at radius 2 is 1.91 bits per heavy atom. The van der Waals surface area contributed by atoms with Crippen molar-refractivity contribution < 1.29 is 4.79 Å². The second-order valence-corrected chi connectivity index (χ2v) is 3.99. The van der Waals surface area contributed by atoms with E-state index in [0.717, 1.165) is 0 Å². The van der Waals surface area contributed by atoms with E-state index < -0.39 is 6.04 Å². The van der Waals surface area contributed by atoms with Crippen LogP contribution in [0, 0.1) is 10.3 Å². The first kappa shape index (κ1) is 10.3. The van der Waals surface area contributed by atoms with Crippen LogP contribution in [0.4, 0.5) is 0 Å². The third kappa shape index (κ3) is 4.65. The van der Waals surface area contributed by atoms with Crippen molar-refractivity contribution in [2.45, 2.75) is 40.2 Å². The van der Waals surface area contributed by atoms with Gasteiger partial charge in [0.25, 0.3) is 0 Å². The van der Waals surface area contributed by atoms with E-state index in [1.54, 1.807) is 0 Å². The fourth-order valence-corrected chi connectivity index (χ4v) is 0.729.